The maximum Gasteiger partial charge on any atom is 0.422 e. The Balaban J connectivity index is 4.67. The predicted octanol–water partition coefficient (Wildman–Crippen LogP) is -1.37. The third kappa shape index (κ3) is 1.86. The van der Waals surface area contributed by atoms with Crippen molar-refractivity contribution in [2.75, 3.05) is 13.2 Å². The summed E-state index contributed by atoms with van der Waals surface area (Å²) in [5.74, 6) is 0. The molecule has 0 saturated heterocycles. The van der Waals surface area contributed by atoms with Crippen LogP contribution >= 0.6 is 0 Å². The summed E-state index contributed by atoms with van der Waals surface area (Å²) in [6.45, 7) is -2.98. The van der Waals surface area contributed by atoms with Crippen molar-refractivity contribution in [1.82, 2.24) is 0 Å². The number of aliphatic hydroxyl groups is 4. The van der Waals surface area contributed by atoms with E-state index in [0.717, 1.165) is 0 Å². The van der Waals surface area contributed by atoms with E-state index in [1.165, 1.54) is 0 Å². The molecule has 0 aromatic heterocycles. The number of hydrogen-bond donors (Lipinski definition) is 4. The Morgan fingerprint density at radius 3 is 1.67 bits per heavy atom. The largest absolute Gasteiger partial charge is 0.422 e. The molecular formula is C5H9F3O4. The van der Waals surface area contributed by atoms with Crippen LogP contribution in [0.4, 0.5) is 13.2 Å². The highest BCUT2D eigenvalue weighted by atomic mass is 19.4. The average molecular weight is 190 g/mol. The summed E-state index contributed by atoms with van der Waals surface area (Å²) in [5, 5.41) is 33.5. The second kappa shape index (κ2) is 3.56. The Labute approximate surface area is 65.9 Å². The van der Waals surface area contributed by atoms with Crippen LogP contribution in [0.2, 0.25) is 0 Å². The lowest BCUT2D eigenvalue weighted by Gasteiger charge is -2.31. The third-order valence-corrected chi connectivity index (χ3v) is 1.46. The quantitative estimate of drug-likeness (QED) is 0.442. The van der Waals surface area contributed by atoms with Crippen LogP contribution in [0, 0.1) is 0 Å². The number of aliphatic hydroxyl groups excluding tert-OH is 3. The van der Waals surface area contributed by atoms with Gasteiger partial charge in [0.25, 0.3) is 0 Å². The van der Waals surface area contributed by atoms with Crippen LogP contribution in [0.3, 0.4) is 0 Å². The summed E-state index contributed by atoms with van der Waals surface area (Å²) in [7, 11) is 0. The van der Waals surface area contributed by atoms with E-state index in [-0.39, 0.29) is 0 Å². The van der Waals surface area contributed by atoms with Gasteiger partial charge in [-0.2, -0.15) is 13.2 Å². The molecule has 0 rings (SSSR count). The lowest BCUT2D eigenvalue weighted by molar-refractivity contribution is -0.303. The van der Waals surface area contributed by atoms with Gasteiger partial charge >= 0.3 is 6.18 Å². The van der Waals surface area contributed by atoms with Gasteiger partial charge in [-0.1, -0.05) is 0 Å². The summed E-state index contributed by atoms with van der Waals surface area (Å²) in [5.41, 5.74) is -3.65. The first-order valence-electron chi connectivity index (χ1n) is 2.98. The van der Waals surface area contributed by atoms with Crippen molar-refractivity contribution in [3.63, 3.8) is 0 Å². The van der Waals surface area contributed by atoms with Crippen LogP contribution < -0.4 is 0 Å². The normalized spacial score (nSPS) is 20.2. The minimum atomic E-state index is -5.18. The van der Waals surface area contributed by atoms with E-state index in [4.69, 9.17) is 20.4 Å². The first kappa shape index (κ1) is 11.6. The molecule has 0 radical (unpaired) electrons. The maximum absolute atomic E-state index is 11.9. The second-order valence-corrected chi connectivity index (χ2v) is 2.28. The second-order valence-electron chi connectivity index (χ2n) is 2.28. The third-order valence-electron chi connectivity index (χ3n) is 1.46. The zero-order valence-corrected chi connectivity index (χ0v) is 5.91. The molecule has 0 aliphatic carbocycles. The molecule has 4 N–H and O–H groups in total. The van der Waals surface area contributed by atoms with Crippen LogP contribution in [0.5, 0.6) is 0 Å². The summed E-state index contributed by atoms with van der Waals surface area (Å²) < 4.78 is 35.6. The van der Waals surface area contributed by atoms with Crippen molar-refractivity contribution in [3.8, 4) is 0 Å². The minimum Gasteiger partial charge on any atom is -0.394 e. The molecule has 4 nitrogen and oxygen atoms in total. The van der Waals surface area contributed by atoms with Crippen LogP contribution in [0.25, 0.3) is 0 Å². The molecule has 0 fully saturated rings. The highest BCUT2D eigenvalue weighted by molar-refractivity contribution is 4.92. The zero-order chi connectivity index (χ0) is 9.99. The Morgan fingerprint density at radius 2 is 1.58 bits per heavy atom. The smallest absolute Gasteiger partial charge is 0.394 e. The molecule has 12 heavy (non-hydrogen) atoms. The topological polar surface area (TPSA) is 80.9 Å². The van der Waals surface area contributed by atoms with Crippen molar-refractivity contribution in [1.29, 1.82) is 0 Å². The van der Waals surface area contributed by atoms with Gasteiger partial charge in [0.1, 0.15) is 6.10 Å². The molecule has 0 aromatic rings. The van der Waals surface area contributed by atoms with Crippen molar-refractivity contribution in [3.05, 3.63) is 0 Å². The van der Waals surface area contributed by atoms with E-state index in [2.05, 4.69) is 0 Å². The van der Waals surface area contributed by atoms with Gasteiger partial charge < -0.3 is 20.4 Å². The minimum absolute atomic E-state index is 1.28. The molecular weight excluding hydrogens is 181 g/mol. The SMILES string of the molecule is OC[C@H](O)[C@](O)(CO)C(F)(F)F. The molecule has 2 atom stereocenters. The van der Waals surface area contributed by atoms with E-state index in [9.17, 15) is 13.2 Å². The van der Waals surface area contributed by atoms with Crippen molar-refractivity contribution < 1.29 is 33.6 Å². The Kier molecular flexibility index (Phi) is 3.45. The molecule has 0 aliphatic heterocycles. The molecule has 0 aromatic carbocycles. The Bertz CT molecular complexity index is 148. The molecule has 0 heterocycles. The van der Waals surface area contributed by atoms with Crippen LogP contribution in [0.1, 0.15) is 0 Å². The van der Waals surface area contributed by atoms with Gasteiger partial charge in [-0.05, 0) is 0 Å². The highest BCUT2D eigenvalue weighted by Gasteiger charge is 2.58. The van der Waals surface area contributed by atoms with Crippen molar-refractivity contribution >= 4 is 0 Å². The van der Waals surface area contributed by atoms with Gasteiger partial charge in [-0.15, -0.1) is 0 Å². The summed E-state index contributed by atoms with van der Waals surface area (Å²) in [6, 6.07) is 0. The average Bonchev–Trinajstić information content (AvgIpc) is 1.99. The van der Waals surface area contributed by atoms with Gasteiger partial charge in [0, 0.05) is 0 Å². The molecule has 0 spiro atoms. The molecule has 0 bridgehead atoms. The Hall–Kier alpha value is -0.370. The van der Waals surface area contributed by atoms with Gasteiger partial charge in [0.05, 0.1) is 13.2 Å². The number of alkyl halides is 3. The number of rotatable bonds is 3. The molecule has 7 heteroatoms. The lowest BCUT2D eigenvalue weighted by Crippen LogP contribution is -2.58. The maximum atomic E-state index is 11.9. The number of halogens is 3. The van der Waals surface area contributed by atoms with E-state index in [1.54, 1.807) is 0 Å². The fourth-order valence-corrected chi connectivity index (χ4v) is 0.535. The van der Waals surface area contributed by atoms with E-state index in [1.807, 2.05) is 0 Å². The fourth-order valence-electron chi connectivity index (χ4n) is 0.535. The molecule has 0 amide bonds. The van der Waals surface area contributed by atoms with E-state index >= 15 is 0 Å². The highest BCUT2D eigenvalue weighted by Crippen LogP contribution is 2.32. The summed E-state index contributed by atoms with van der Waals surface area (Å²) >= 11 is 0. The van der Waals surface area contributed by atoms with Gasteiger partial charge in [0.15, 0.2) is 0 Å². The van der Waals surface area contributed by atoms with Crippen LogP contribution in [-0.4, -0.2) is 51.5 Å². The first-order valence-corrected chi connectivity index (χ1v) is 2.98. The first-order chi connectivity index (χ1) is 5.29. The van der Waals surface area contributed by atoms with Gasteiger partial charge in [0.2, 0.25) is 5.60 Å². The fraction of sp³-hybridized carbons (Fsp3) is 1.00. The monoisotopic (exact) mass is 190 g/mol. The lowest BCUT2D eigenvalue weighted by atomic mass is 9.98. The van der Waals surface area contributed by atoms with Crippen LogP contribution in [-0.2, 0) is 0 Å². The molecule has 0 saturated carbocycles. The molecule has 0 aliphatic rings. The molecule has 0 unspecified atom stereocenters. The van der Waals surface area contributed by atoms with E-state index < -0.39 is 31.1 Å². The number of hydrogen-bond acceptors (Lipinski definition) is 4. The summed E-state index contributed by atoms with van der Waals surface area (Å²) in [6.07, 6.45) is -7.62. The predicted molar refractivity (Wildman–Crippen MR) is 31.2 cm³/mol. The molecule has 74 valence electrons. The standard InChI is InChI=1S/C5H9F3O4/c6-5(7,8)4(12,2-10)3(11)1-9/h3,9-12H,1-2H2/t3-,4+/m0/s1. The van der Waals surface area contributed by atoms with Gasteiger partial charge in [-0.25, -0.2) is 0 Å². The van der Waals surface area contributed by atoms with Crippen LogP contribution in [0.15, 0.2) is 0 Å². The zero-order valence-electron chi connectivity index (χ0n) is 5.91. The van der Waals surface area contributed by atoms with Crippen molar-refractivity contribution in [2.24, 2.45) is 0 Å². The Morgan fingerprint density at radius 1 is 1.17 bits per heavy atom. The van der Waals surface area contributed by atoms with Crippen molar-refractivity contribution in [2.45, 2.75) is 17.9 Å². The van der Waals surface area contributed by atoms with Gasteiger partial charge in [-0.3, -0.25) is 0 Å². The summed E-state index contributed by atoms with van der Waals surface area (Å²) in [4.78, 5) is 0. The van der Waals surface area contributed by atoms with E-state index in [0.29, 0.717) is 0 Å².